The number of hydrogen-bond donors (Lipinski definition) is 0. The van der Waals surface area contributed by atoms with Crippen LogP contribution in [0.15, 0.2) is 170 Å². The van der Waals surface area contributed by atoms with E-state index in [0.717, 1.165) is 24.2 Å². The van der Waals surface area contributed by atoms with Crippen molar-refractivity contribution >= 4 is 55.6 Å². The summed E-state index contributed by atoms with van der Waals surface area (Å²) < 4.78 is 0. The lowest BCUT2D eigenvalue weighted by atomic mass is 9.72. The van der Waals surface area contributed by atoms with Crippen LogP contribution in [0.3, 0.4) is 0 Å². The van der Waals surface area contributed by atoms with Crippen LogP contribution in [-0.4, -0.2) is 6.04 Å². The Balaban J connectivity index is 1.19. The summed E-state index contributed by atoms with van der Waals surface area (Å²) in [6.07, 6.45) is 8.98. The van der Waals surface area contributed by atoms with Crippen molar-refractivity contribution in [2.75, 3.05) is 9.80 Å². The first-order valence-electron chi connectivity index (χ1n) is 17.8. The highest BCUT2D eigenvalue weighted by Crippen LogP contribution is 2.46. The summed E-state index contributed by atoms with van der Waals surface area (Å²) in [5.74, 6) is 0.406. The van der Waals surface area contributed by atoms with Gasteiger partial charge in [0.25, 0.3) is 0 Å². The Morgan fingerprint density at radius 1 is 0.540 bits per heavy atom. The minimum atomic E-state index is 0.285. The van der Waals surface area contributed by atoms with Crippen LogP contribution >= 0.6 is 0 Å². The largest absolute Gasteiger partial charge is 0.337 e. The van der Waals surface area contributed by atoms with E-state index >= 15 is 0 Å². The summed E-state index contributed by atoms with van der Waals surface area (Å²) in [7, 11) is 0. The lowest BCUT2D eigenvalue weighted by Crippen LogP contribution is -2.42. The van der Waals surface area contributed by atoms with E-state index in [9.17, 15) is 0 Å². The fraction of sp³-hybridized carbons (Fsp3) is 0.125. The molecule has 2 nitrogen and oxygen atoms in total. The van der Waals surface area contributed by atoms with Crippen molar-refractivity contribution in [2.45, 2.75) is 32.7 Å². The highest BCUT2D eigenvalue weighted by atomic mass is 15.2. The molecule has 2 aliphatic rings. The van der Waals surface area contributed by atoms with Crippen LogP contribution < -0.4 is 9.80 Å². The van der Waals surface area contributed by atoms with Gasteiger partial charge in [0.05, 0.1) is 5.69 Å². The summed E-state index contributed by atoms with van der Waals surface area (Å²) in [6.45, 7) is 4.32. The van der Waals surface area contributed by atoms with Crippen molar-refractivity contribution in [3.63, 3.8) is 0 Å². The molecule has 0 spiro atoms. The van der Waals surface area contributed by atoms with Crippen LogP contribution in [0.25, 0.3) is 27.1 Å². The Bertz CT molecular complexity index is 2400. The highest BCUT2D eigenvalue weighted by molar-refractivity contribution is 6.14. The molecule has 0 saturated heterocycles. The monoisotopic (exact) mass is 644 g/mol. The molecule has 0 N–H and O–H groups in total. The molecule has 0 fully saturated rings. The van der Waals surface area contributed by atoms with Crippen molar-refractivity contribution in [3.8, 4) is 0 Å². The lowest BCUT2D eigenvalue weighted by molar-refractivity contribution is 0.489. The molecule has 2 aliphatic carbocycles. The fourth-order valence-corrected chi connectivity index (χ4v) is 8.26. The standard InChI is InChI=1S/C48H40N2/c1-33-19-23-37(24-20-33)49(47-31-35-11-3-5-13-41(35)43-15-7-9-17-45(43)47)39-27-29-40(30-28-39)50(38-25-21-34(2)22-26-38)48-32-36-12-4-6-14-42(36)44-16-8-10-18-46(44)48/h3-17,19-31,46,48H,18,32H2,1-2H3. The number of aryl methyl sites for hydroxylation is 2. The zero-order valence-electron chi connectivity index (χ0n) is 28.6. The molecule has 50 heavy (non-hydrogen) atoms. The van der Waals surface area contributed by atoms with Gasteiger partial charge in [0.1, 0.15) is 0 Å². The Hall–Kier alpha value is -5.86. The zero-order chi connectivity index (χ0) is 33.6. The minimum absolute atomic E-state index is 0.285. The van der Waals surface area contributed by atoms with Gasteiger partial charge in [-0.2, -0.15) is 0 Å². The van der Waals surface area contributed by atoms with Gasteiger partial charge in [0.15, 0.2) is 0 Å². The van der Waals surface area contributed by atoms with E-state index < -0.39 is 0 Å². The molecule has 0 heterocycles. The van der Waals surface area contributed by atoms with E-state index in [1.54, 1.807) is 0 Å². The predicted molar refractivity (Wildman–Crippen MR) is 213 cm³/mol. The summed E-state index contributed by atoms with van der Waals surface area (Å²) in [6, 6.07) is 56.5. The molecule has 0 aromatic heterocycles. The first-order valence-corrected chi connectivity index (χ1v) is 17.8. The van der Waals surface area contributed by atoms with Crippen LogP contribution in [0, 0.1) is 19.8 Å². The number of hydrogen-bond acceptors (Lipinski definition) is 2. The van der Waals surface area contributed by atoms with Gasteiger partial charge in [-0.05, 0) is 114 Å². The average molecular weight is 645 g/mol. The summed E-state index contributed by atoms with van der Waals surface area (Å²) in [4.78, 5) is 5.04. The third-order valence-corrected chi connectivity index (χ3v) is 10.7. The Kier molecular flexibility index (Phi) is 7.58. The molecule has 242 valence electrons. The first kappa shape index (κ1) is 30.2. The molecule has 2 atom stereocenters. The topological polar surface area (TPSA) is 6.48 Å². The van der Waals surface area contributed by atoms with E-state index in [2.05, 4.69) is 194 Å². The molecular weight excluding hydrogens is 605 g/mol. The average Bonchev–Trinajstić information content (AvgIpc) is 3.17. The summed E-state index contributed by atoms with van der Waals surface area (Å²) in [5, 5.41) is 5.02. The molecule has 7 aromatic carbocycles. The molecular formula is C48H40N2. The number of allylic oxidation sites excluding steroid dienone is 3. The van der Waals surface area contributed by atoms with E-state index in [0.29, 0.717) is 5.92 Å². The van der Waals surface area contributed by atoms with Crippen LogP contribution in [0.2, 0.25) is 0 Å². The zero-order valence-corrected chi connectivity index (χ0v) is 28.6. The van der Waals surface area contributed by atoms with Gasteiger partial charge < -0.3 is 9.80 Å². The lowest BCUT2D eigenvalue weighted by Gasteiger charge is -2.44. The van der Waals surface area contributed by atoms with Gasteiger partial charge >= 0.3 is 0 Å². The SMILES string of the molecule is Cc1ccc(N(c2ccc(N(c3ccc(C)cc3)C3Cc4ccccc4C4=CC=CCC43)cc2)c2cc3ccccc3c3ccccc23)cc1. The smallest absolute Gasteiger partial charge is 0.0546 e. The second kappa shape index (κ2) is 12.5. The molecule has 7 aromatic rings. The Morgan fingerprint density at radius 3 is 1.82 bits per heavy atom. The maximum Gasteiger partial charge on any atom is 0.0546 e. The maximum absolute atomic E-state index is 2.61. The van der Waals surface area contributed by atoms with Crippen molar-refractivity contribution in [1.82, 2.24) is 0 Å². The van der Waals surface area contributed by atoms with Crippen LogP contribution in [0.4, 0.5) is 28.4 Å². The van der Waals surface area contributed by atoms with E-state index in [-0.39, 0.29) is 6.04 Å². The third-order valence-electron chi connectivity index (χ3n) is 10.7. The minimum Gasteiger partial charge on any atom is -0.337 e. The van der Waals surface area contributed by atoms with Crippen molar-refractivity contribution < 1.29 is 0 Å². The fourth-order valence-electron chi connectivity index (χ4n) is 8.26. The number of rotatable bonds is 6. The normalized spacial score (nSPS) is 16.5. The maximum atomic E-state index is 2.61. The Morgan fingerprint density at radius 2 is 1.10 bits per heavy atom. The van der Waals surface area contributed by atoms with E-state index in [1.165, 1.54) is 66.4 Å². The quantitative estimate of drug-likeness (QED) is 0.166. The van der Waals surface area contributed by atoms with Crippen molar-refractivity contribution in [1.29, 1.82) is 0 Å². The second-order valence-electron chi connectivity index (χ2n) is 13.9. The molecule has 0 amide bonds. The Labute approximate surface area is 295 Å². The van der Waals surface area contributed by atoms with Crippen LogP contribution in [0.1, 0.15) is 28.7 Å². The van der Waals surface area contributed by atoms with Gasteiger partial charge in [0.2, 0.25) is 0 Å². The number of anilines is 5. The number of benzene rings is 7. The van der Waals surface area contributed by atoms with Gasteiger partial charge in [0, 0.05) is 40.1 Å². The first-order chi connectivity index (χ1) is 24.6. The molecule has 0 saturated carbocycles. The van der Waals surface area contributed by atoms with Crippen molar-refractivity contribution in [2.24, 2.45) is 5.92 Å². The molecule has 0 aliphatic heterocycles. The van der Waals surface area contributed by atoms with E-state index in [4.69, 9.17) is 0 Å². The second-order valence-corrected chi connectivity index (χ2v) is 13.9. The molecule has 9 rings (SSSR count). The molecule has 2 unspecified atom stereocenters. The summed E-state index contributed by atoms with van der Waals surface area (Å²) in [5.41, 5.74) is 12.7. The van der Waals surface area contributed by atoms with E-state index in [1.807, 2.05) is 0 Å². The van der Waals surface area contributed by atoms with Crippen molar-refractivity contribution in [3.05, 3.63) is 192 Å². The van der Waals surface area contributed by atoms with Gasteiger partial charge in [-0.25, -0.2) is 0 Å². The van der Waals surface area contributed by atoms with Crippen LogP contribution in [-0.2, 0) is 6.42 Å². The molecule has 2 heteroatoms. The molecule has 0 radical (unpaired) electrons. The predicted octanol–water partition coefficient (Wildman–Crippen LogP) is 12.8. The highest BCUT2D eigenvalue weighted by Gasteiger charge is 2.37. The van der Waals surface area contributed by atoms with Gasteiger partial charge in [-0.15, -0.1) is 0 Å². The summed E-state index contributed by atoms with van der Waals surface area (Å²) >= 11 is 0. The van der Waals surface area contributed by atoms with Crippen LogP contribution in [0.5, 0.6) is 0 Å². The molecule has 0 bridgehead atoms. The number of nitrogens with zero attached hydrogens (tertiary/aromatic N) is 2. The third kappa shape index (κ3) is 5.29. The van der Waals surface area contributed by atoms with Gasteiger partial charge in [-0.1, -0.05) is 126 Å². The number of fused-ring (bicyclic) bond motifs is 6. The van der Waals surface area contributed by atoms with Gasteiger partial charge in [-0.3, -0.25) is 0 Å².